The van der Waals surface area contributed by atoms with Gasteiger partial charge in [0.05, 0.1) is 17.3 Å². The summed E-state index contributed by atoms with van der Waals surface area (Å²) >= 11 is 11.7. The molecule has 0 aliphatic heterocycles. The molecule has 0 radical (unpaired) electrons. The van der Waals surface area contributed by atoms with E-state index in [1.54, 1.807) is 18.2 Å². The Bertz CT molecular complexity index is 615. The van der Waals surface area contributed by atoms with E-state index in [0.29, 0.717) is 15.7 Å². The van der Waals surface area contributed by atoms with Gasteiger partial charge < -0.3 is 5.32 Å². The first-order chi connectivity index (χ1) is 8.58. The van der Waals surface area contributed by atoms with E-state index in [-0.39, 0.29) is 11.3 Å². The first-order valence-corrected chi connectivity index (χ1v) is 5.77. The Hall–Kier alpha value is -1.76. The van der Waals surface area contributed by atoms with Crippen LogP contribution in [0.4, 0.5) is 15.8 Å². The fraction of sp³-hybridized carbons (Fsp3) is 0. The molecule has 0 spiro atoms. The molecule has 5 heteroatoms. The third kappa shape index (κ3) is 2.92. The molecule has 0 heterocycles. The highest BCUT2D eigenvalue weighted by Crippen LogP contribution is 2.26. The average Bonchev–Trinajstić information content (AvgIpc) is 2.30. The fourth-order valence-electron chi connectivity index (χ4n) is 1.47. The minimum atomic E-state index is -0.509. The molecular formula is C13H7Cl2FN2. The van der Waals surface area contributed by atoms with Crippen LogP contribution in [0, 0.1) is 17.1 Å². The summed E-state index contributed by atoms with van der Waals surface area (Å²) in [7, 11) is 0. The normalized spacial score (nSPS) is 9.89. The summed E-state index contributed by atoms with van der Waals surface area (Å²) in [4.78, 5) is 0. The standard InChI is InChI=1S/C13H7Cl2FN2/c14-9-4-10(15)6-11(5-9)18-13-2-1-8(7-17)3-12(13)16/h1-6,18H. The van der Waals surface area contributed by atoms with Gasteiger partial charge in [-0.1, -0.05) is 23.2 Å². The predicted molar refractivity (Wildman–Crippen MR) is 70.9 cm³/mol. The molecule has 0 saturated carbocycles. The Kier molecular flexibility index (Phi) is 3.71. The van der Waals surface area contributed by atoms with Crippen molar-refractivity contribution in [1.29, 1.82) is 5.26 Å². The summed E-state index contributed by atoms with van der Waals surface area (Å²) < 4.78 is 13.6. The molecule has 2 nitrogen and oxygen atoms in total. The largest absolute Gasteiger partial charge is 0.353 e. The minimum absolute atomic E-state index is 0.257. The predicted octanol–water partition coefficient (Wildman–Crippen LogP) is 4.75. The van der Waals surface area contributed by atoms with Crippen molar-refractivity contribution in [3.63, 3.8) is 0 Å². The first kappa shape index (κ1) is 12.7. The topological polar surface area (TPSA) is 35.8 Å². The highest BCUT2D eigenvalue weighted by Gasteiger charge is 2.05. The van der Waals surface area contributed by atoms with Gasteiger partial charge in [-0.25, -0.2) is 4.39 Å². The van der Waals surface area contributed by atoms with E-state index in [4.69, 9.17) is 28.5 Å². The quantitative estimate of drug-likeness (QED) is 0.862. The van der Waals surface area contributed by atoms with Gasteiger partial charge in [0.15, 0.2) is 0 Å². The molecule has 0 amide bonds. The summed E-state index contributed by atoms with van der Waals surface area (Å²) in [5.74, 6) is -0.509. The molecule has 0 aromatic heterocycles. The second-order valence-corrected chi connectivity index (χ2v) is 4.46. The van der Waals surface area contributed by atoms with Gasteiger partial charge in [-0.15, -0.1) is 0 Å². The molecule has 2 rings (SSSR count). The van der Waals surface area contributed by atoms with E-state index < -0.39 is 5.82 Å². The van der Waals surface area contributed by atoms with Gasteiger partial charge in [0, 0.05) is 15.7 Å². The van der Waals surface area contributed by atoms with Gasteiger partial charge in [-0.3, -0.25) is 0 Å². The van der Waals surface area contributed by atoms with Gasteiger partial charge in [0.1, 0.15) is 5.82 Å². The monoisotopic (exact) mass is 280 g/mol. The smallest absolute Gasteiger partial charge is 0.147 e. The first-order valence-electron chi connectivity index (χ1n) is 5.01. The zero-order chi connectivity index (χ0) is 13.1. The van der Waals surface area contributed by atoms with Crippen LogP contribution in [0.15, 0.2) is 36.4 Å². The van der Waals surface area contributed by atoms with Crippen molar-refractivity contribution < 1.29 is 4.39 Å². The molecular weight excluding hydrogens is 274 g/mol. The van der Waals surface area contributed by atoms with Crippen molar-refractivity contribution >= 4 is 34.6 Å². The molecule has 0 aliphatic rings. The van der Waals surface area contributed by atoms with Crippen molar-refractivity contribution in [2.45, 2.75) is 0 Å². The number of halogens is 3. The lowest BCUT2D eigenvalue weighted by Crippen LogP contribution is -1.94. The second kappa shape index (κ2) is 5.26. The van der Waals surface area contributed by atoms with Crippen LogP contribution in [0.25, 0.3) is 0 Å². The molecule has 0 unspecified atom stereocenters. The number of hydrogen-bond donors (Lipinski definition) is 1. The maximum atomic E-state index is 13.6. The van der Waals surface area contributed by atoms with Crippen molar-refractivity contribution in [2.75, 3.05) is 5.32 Å². The Morgan fingerprint density at radius 1 is 1.06 bits per heavy atom. The Labute approximate surface area is 114 Å². The molecule has 0 atom stereocenters. The van der Waals surface area contributed by atoms with Crippen LogP contribution >= 0.6 is 23.2 Å². The van der Waals surface area contributed by atoms with E-state index in [9.17, 15) is 4.39 Å². The van der Waals surface area contributed by atoms with Gasteiger partial charge in [0.2, 0.25) is 0 Å². The fourth-order valence-corrected chi connectivity index (χ4v) is 1.99. The average molecular weight is 281 g/mol. The van der Waals surface area contributed by atoms with Crippen molar-refractivity contribution in [3.8, 4) is 6.07 Å². The summed E-state index contributed by atoms with van der Waals surface area (Å²) in [6.07, 6.45) is 0. The van der Waals surface area contributed by atoms with Crippen molar-refractivity contribution in [1.82, 2.24) is 0 Å². The van der Waals surface area contributed by atoms with Crippen LogP contribution in [-0.4, -0.2) is 0 Å². The zero-order valence-electron chi connectivity index (χ0n) is 9.05. The van der Waals surface area contributed by atoms with E-state index in [1.165, 1.54) is 12.1 Å². The van der Waals surface area contributed by atoms with Crippen molar-refractivity contribution in [3.05, 3.63) is 57.8 Å². The lowest BCUT2D eigenvalue weighted by atomic mass is 10.2. The Morgan fingerprint density at radius 3 is 2.28 bits per heavy atom. The maximum Gasteiger partial charge on any atom is 0.147 e. The summed E-state index contributed by atoms with van der Waals surface area (Å²) in [6, 6.07) is 10.9. The Morgan fingerprint density at radius 2 is 1.72 bits per heavy atom. The molecule has 2 aromatic rings. The molecule has 0 fully saturated rings. The third-order valence-electron chi connectivity index (χ3n) is 2.24. The minimum Gasteiger partial charge on any atom is -0.353 e. The van der Waals surface area contributed by atoms with Gasteiger partial charge in [-0.2, -0.15) is 5.26 Å². The van der Waals surface area contributed by atoms with Crippen LogP contribution in [0.5, 0.6) is 0 Å². The summed E-state index contributed by atoms with van der Waals surface area (Å²) in [5.41, 5.74) is 1.10. The Balaban J connectivity index is 2.31. The third-order valence-corrected chi connectivity index (χ3v) is 2.68. The highest BCUT2D eigenvalue weighted by atomic mass is 35.5. The molecule has 2 aromatic carbocycles. The van der Waals surface area contributed by atoms with E-state index in [2.05, 4.69) is 5.32 Å². The highest BCUT2D eigenvalue weighted by molar-refractivity contribution is 6.35. The van der Waals surface area contributed by atoms with Crippen LogP contribution in [0.2, 0.25) is 10.0 Å². The van der Waals surface area contributed by atoms with Gasteiger partial charge in [-0.05, 0) is 36.4 Å². The number of benzene rings is 2. The maximum absolute atomic E-state index is 13.6. The molecule has 0 saturated heterocycles. The summed E-state index contributed by atoms with van der Waals surface area (Å²) in [5, 5.41) is 12.4. The SMILES string of the molecule is N#Cc1ccc(Nc2cc(Cl)cc(Cl)c2)c(F)c1. The van der Waals surface area contributed by atoms with Crippen LogP contribution in [0.1, 0.15) is 5.56 Å². The van der Waals surface area contributed by atoms with E-state index in [1.807, 2.05) is 6.07 Å². The number of rotatable bonds is 2. The second-order valence-electron chi connectivity index (χ2n) is 3.59. The molecule has 0 aliphatic carbocycles. The van der Waals surface area contributed by atoms with Gasteiger partial charge >= 0.3 is 0 Å². The molecule has 0 bridgehead atoms. The van der Waals surface area contributed by atoms with Crippen LogP contribution < -0.4 is 5.32 Å². The molecule has 1 N–H and O–H groups in total. The number of nitriles is 1. The van der Waals surface area contributed by atoms with Crippen LogP contribution in [-0.2, 0) is 0 Å². The number of anilines is 2. The summed E-state index contributed by atoms with van der Waals surface area (Å²) in [6.45, 7) is 0. The number of hydrogen-bond acceptors (Lipinski definition) is 2. The zero-order valence-corrected chi connectivity index (χ0v) is 10.6. The lowest BCUT2D eigenvalue weighted by Gasteiger charge is -2.08. The van der Waals surface area contributed by atoms with Crippen LogP contribution in [0.3, 0.4) is 0 Å². The molecule has 90 valence electrons. The van der Waals surface area contributed by atoms with Crippen molar-refractivity contribution in [2.24, 2.45) is 0 Å². The number of nitrogens with zero attached hydrogens (tertiary/aromatic N) is 1. The number of nitrogens with one attached hydrogen (secondary N) is 1. The van der Waals surface area contributed by atoms with E-state index in [0.717, 1.165) is 6.07 Å². The van der Waals surface area contributed by atoms with Gasteiger partial charge in [0.25, 0.3) is 0 Å². The van der Waals surface area contributed by atoms with E-state index >= 15 is 0 Å². The molecule has 18 heavy (non-hydrogen) atoms. The lowest BCUT2D eigenvalue weighted by molar-refractivity contribution is 0.631.